The molecule has 0 bridgehead atoms. The zero-order valence-electron chi connectivity index (χ0n) is 16.6. The van der Waals surface area contributed by atoms with E-state index in [1.54, 1.807) is 23.8 Å². The number of benzene rings is 1. The number of para-hydroxylation sites is 1. The molecular formula is C20H25N5O4. The number of hydrogen-bond donors (Lipinski definition) is 1. The quantitative estimate of drug-likeness (QED) is 0.794. The van der Waals surface area contributed by atoms with Crippen molar-refractivity contribution < 1.29 is 19.1 Å². The fourth-order valence-electron chi connectivity index (χ4n) is 3.03. The molecule has 0 radical (unpaired) electrons. The molecule has 1 saturated heterocycles. The Labute approximate surface area is 169 Å². The van der Waals surface area contributed by atoms with Gasteiger partial charge in [-0.1, -0.05) is 18.2 Å². The highest BCUT2D eigenvalue weighted by Gasteiger charge is 2.26. The lowest BCUT2D eigenvalue weighted by atomic mass is 10.2. The SMILES string of the molecule is CCOC(=O)N1CCN(C(=O)c2cnc(NCc3ccccc3OC)cn2)CC1. The summed E-state index contributed by atoms with van der Waals surface area (Å²) in [6.45, 7) is 4.39. The summed E-state index contributed by atoms with van der Waals surface area (Å²) in [5.41, 5.74) is 1.27. The van der Waals surface area contributed by atoms with E-state index in [0.29, 0.717) is 45.1 Å². The predicted octanol–water partition coefficient (Wildman–Crippen LogP) is 2.01. The first kappa shape index (κ1) is 20.4. The summed E-state index contributed by atoms with van der Waals surface area (Å²) in [7, 11) is 1.63. The van der Waals surface area contributed by atoms with Crippen LogP contribution < -0.4 is 10.1 Å². The first-order valence-corrected chi connectivity index (χ1v) is 9.51. The van der Waals surface area contributed by atoms with Crippen LogP contribution >= 0.6 is 0 Å². The molecule has 2 amide bonds. The highest BCUT2D eigenvalue weighted by Crippen LogP contribution is 2.18. The molecule has 1 aromatic heterocycles. The molecule has 0 atom stereocenters. The van der Waals surface area contributed by atoms with E-state index < -0.39 is 0 Å². The molecule has 1 N–H and O–H groups in total. The number of rotatable bonds is 6. The average molecular weight is 399 g/mol. The maximum Gasteiger partial charge on any atom is 0.409 e. The van der Waals surface area contributed by atoms with Crippen molar-refractivity contribution in [2.75, 3.05) is 45.2 Å². The summed E-state index contributed by atoms with van der Waals surface area (Å²) in [4.78, 5) is 36.2. The highest BCUT2D eigenvalue weighted by atomic mass is 16.6. The Hall–Kier alpha value is -3.36. The van der Waals surface area contributed by atoms with Gasteiger partial charge in [0.25, 0.3) is 5.91 Å². The Balaban J connectivity index is 1.53. The zero-order valence-corrected chi connectivity index (χ0v) is 16.6. The van der Waals surface area contributed by atoms with Gasteiger partial charge in [0.15, 0.2) is 0 Å². The highest BCUT2D eigenvalue weighted by molar-refractivity contribution is 5.92. The van der Waals surface area contributed by atoms with Gasteiger partial charge in [0, 0.05) is 38.3 Å². The third-order valence-corrected chi connectivity index (χ3v) is 4.62. The Morgan fingerprint density at radius 2 is 1.79 bits per heavy atom. The van der Waals surface area contributed by atoms with E-state index in [9.17, 15) is 9.59 Å². The lowest BCUT2D eigenvalue weighted by Gasteiger charge is -2.33. The first-order chi connectivity index (χ1) is 14.1. The van der Waals surface area contributed by atoms with Gasteiger partial charge in [0.2, 0.25) is 0 Å². The fraction of sp³-hybridized carbons (Fsp3) is 0.400. The predicted molar refractivity (Wildman–Crippen MR) is 107 cm³/mol. The molecule has 0 saturated carbocycles. The Kier molecular flexibility index (Phi) is 6.83. The van der Waals surface area contributed by atoms with Crippen molar-refractivity contribution >= 4 is 17.8 Å². The minimum Gasteiger partial charge on any atom is -0.496 e. The summed E-state index contributed by atoms with van der Waals surface area (Å²) in [5, 5.41) is 3.17. The lowest BCUT2D eigenvalue weighted by molar-refractivity contribution is 0.0565. The van der Waals surface area contributed by atoms with Crippen molar-refractivity contribution in [3.8, 4) is 5.75 Å². The van der Waals surface area contributed by atoms with Gasteiger partial charge in [-0.3, -0.25) is 4.79 Å². The maximum absolute atomic E-state index is 12.6. The molecule has 2 aromatic rings. The number of aromatic nitrogens is 2. The van der Waals surface area contributed by atoms with Crippen LogP contribution in [0, 0.1) is 0 Å². The summed E-state index contributed by atoms with van der Waals surface area (Å²) < 4.78 is 10.3. The smallest absolute Gasteiger partial charge is 0.409 e. The van der Waals surface area contributed by atoms with E-state index >= 15 is 0 Å². The maximum atomic E-state index is 12.6. The molecule has 1 fully saturated rings. The normalized spacial score (nSPS) is 13.7. The standard InChI is InChI=1S/C20H25N5O4/c1-3-29-20(27)25-10-8-24(9-11-25)19(26)16-13-23-18(14-21-16)22-12-15-6-4-5-7-17(15)28-2/h4-7,13-14H,3,8-12H2,1-2H3,(H,22,23). The van der Waals surface area contributed by atoms with Gasteiger partial charge < -0.3 is 24.6 Å². The van der Waals surface area contributed by atoms with E-state index in [-0.39, 0.29) is 17.7 Å². The topological polar surface area (TPSA) is 96.9 Å². The molecule has 1 aromatic carbocycles. The van der Waals surface area contributed by atoms with E-state index in [1.807, 2.05) is 24.3 Å². The van der Waals surface area contributed by atoms with Crippen LogP contribution in [0.25, 0.3) is 0 Å². The van der Waals surface area contributed by atoms with Crippen molar-refractivity contribution in [3.63, 3.8) is 0 Å². The molecule has 0 aliphatic carbocycles. The molecule has 1 aliphatic heterocycles. The third kappa shape index (κ3) is 5.13. The summed E-state index contributed by atoms with van der Waals surface area (Å²) in [6, 6.07) is 7.71. The number of nitrogens with zero attached hydrogens (tertiary/aromatic N) is 4. The van der Waals surface area contributed by atoms with Gasteiger partial charge >= 0.3 is 6.09 Å². The number of carbonyl (C=O) groups is 2. The number of nitrogens with one attached hydrogen (secondary N) is 1. The van der Waals surface area contributed by atoms with Crippen molar-refractivity contribution in [2.24, 2.45) is 0 Å². The largest absolute Gasteiger partial charge is 0.496 e. The minimum absolute atomic E-state index is 0.197. The van der Waals surface area contributed by atoms with Crippen LogP contribution in [0.4, 0.5) is 10.6 Å². The minimum atomic E-state index is -0.343. The van der Waals surface area contributed by atoms with Crippen LogP contribution in [0.3, 0.4) is 0 Å². The first-order valence-electron chi connectivity index (χ1n) is 9.51. The van der Waals surface area contributed by atoms with Gasteiger partial charge in [-0.25, -0.2) is 14.8 Å². The second-order valence-corrected chi connectivity index (χ2v) is 6.43. The molecular weight excluding hydrogens is 374 g/mol. The molecule has 3 rings (SSSR count). The number of methoxy groups -OCH3 is 1. The zero-order chi connectivity index (χ0) is 20.6. The molecule has 1 aliphatic rings. The lowest BCUT2D eigenvalue weighted by Crippen LogP contribution is -2.50. The van der Waals surface area contributed by atoms with Crippen LogP contribution in [-0.2, 0) is 11.3 Å². The average Bonchev–Trinajstić information content (AvgIpc) is 2.78. The van der Waals surface area contributed by atoms with E-state index in [0.717, 1.165) is 11.3 Å². The van der Waals surface area contributed by atoms with Gasteiger partial charge in [0.05, 0.1) is 26.1 Å². The molecule has 0 unspecified atom stereocenters. The van der Waals surface area contributed by atoms with Crippen molar-refractivity contribution in [3.05, 3.63) is 47.9 Å². The number of amides is 2. The summed E-state index contributed by atoms with van der Waals surface area (Å²) in [6.07, 6.45) is 2.66. The molecule has 2 heterocycles. The number of ether oxygens (including phenoxy) is 2. The Morgan fingerprint density at radius 1 is 1.07 bits per heavy atom. The molecule has 9 nitrogen and oxygen atoms in total. The second kappa shape index (κ2) is 9.72. The van der Waals surface area contributed by atoms with Gasteiger partial charge in [0.1, 0.15) is 17.3 Å². The van der Waals surface area contributed by atoms with E-state index in [1.165, 1.54) is 12.4 Å². The molecule has 154 valence electrons. The van der Waals surface area contributed by atoms with Crippen LogP contribution in [0.1, 0.15) is 23.0 Å². The number of anilines is 1. The van der Waals surface area contributed by atoms with E-state index in [4.69, 9.17) is 9.47 Å². The van der Waals surface area contributed by atoms with Crippen LogP contribution in [0.2, 0.25) is 0 Å². The van der Waals surface area contributed by atoms with Gasteiger partial charge in [-0.05, 0) is 13.0 Å². The summed E-state index contributed by atoms with van der Waals surface area (Å²) >= 11 is 0. The molecule has 9 heteroatoms. The monoisotopic (exact) mass is 399 g/mol. The van der Waals surface area contributed by atoms with Crippen LogP contribution in [0.15, 0.2) is 36.7 Å². The van der Waals surface area contributed by atoms with Gasteiger partial charge in [-0.15, -0.1) is 0 Å². The Morgan fingerprint density at radius 3 is 2.45 bits per heavy atom. The fourth-order valence-corrected chi connectivity index (χ4v) is 3.03. The van der Waals surface area contributed by atoms with Crippen LogP contribution in [0.5, 0.6) is 5.75 Å². The van der Waals surface area contributed by atoms with Crippen molar-refractivity contribution in [1.29, 1.82) is 0 Å². The molecule has 29 heavy (non-hydrogen) atoms. The molecule has 0 spiro atoms. The van der Waals surface area contributed by atoms with E-state index in [2.05, 4.69) is 15.3 Å². The van der Waals surface area contributed by atoms with Crippen molar-refractivity contribution in [2.45, 2.75) is 13.5 Å². The second-order valence-electron chi connectivity index (χ2n) is 6.43. The number of hydrogen-bond acceptors (Lipinski definition) is 7. The van der Waals surface area contributed by atoms with Crippen molar-refractivity contribution in [1.82, 2.24) is 19.8 Å². The summed E-state index contributed by atoms with van der Waals surface area (Å²) in [5.74, 6) is 1.17. The number of piperazine rings is 1. The third-order valence-electron chi connectivity index (χ3n) is 4.62. The Bertz CT molecular complexity index is 835. The van der Waals surface area contributed by atoms with Gasteiger partial charge in [-0.2, -0.15) is 0 Å². The number of carbonyl (C=O) groups excluding carboxylic acids is 2. The van der Waals surface area contributed by atoms with Crippen LogP contribution in [-0.4, -0.2) is 71.7 Å².